The molecule has 1 unspecified atom stereocenters. The molecule has 0 radical (unpaired) electrons. The molecule has 6 nitrogen and oxygen atoms in total. The number of non-ortho nitro benzene ring substituents is 1. The maximum absolute atomic E-state index is 11.9. The predicted molar refractivity (Wildman–Crippen MR) is 79.9 cm³/mol. The van der Waals surface area contributed by atoms with Crippen molar-refractivity contribution in [1.82, 2.24) is 10.2 Å². The summed E-state index contributed by atoms with van der Waals surface area (Å²) in [6.07, 6.45) is 2.72. The van der Waals surface area contributed by atoms with Crippen molar-refractivity contribution < 1.29 is 9.72 Å². The molecule has 114 valence electrons. The van der Waals surface area contributed by atoms with Crippen molar-refractivity contribution in [2.75, 3.05) is 19.6 Å². The molecule has 1 N–H and O–H groups in total. The van der Waals surface area contributed by atoms with Crippen LogP contribution in [0.1, 0.15) is 37.8 Å². The van der Waals surface area contributed by atoms with E-state index in [2.05, 4.69) is 5.32 Å². The lowest BCUT2D eigenvalue weighted by molar-refractivity contribution is -0.384. The summed E-state index contributed by atoms with van der Waals surface area (Å²) in [6, 6.07) is 6.57. The Hall–Kier alpha value is -1.95. The van der Waals surface area contributed by atoms with Crippen molar-refractivity contribution >= 4 is 11.6 Å². The van der Waals surface area contributed by atoms with Crippen LogP contribution in [-0.4, -0.2) is 35.4 Å². The number of nitrogens with one attached hydrogen (secondary N) is 1. The molecular formula is C15H21N3O3. The highest BCUT2D eigenvalue weighted by Crippen LogP contribution is 2.17. The van der Waals surface area contributed by atoms with Gasteiger partial charge in [0.25, 0.3) is 5.69 Å². The average molecular weight is 291 g/mol. The molecule has 0 bridgehead atoms. The van der Waals surface area contributed by atoms with Gasteiger partial charge in [-0.3, -0.25) is 14.9 Å². The summed E-state index contributed by atoms with van der Waals surface area (Å²) >= 11 is 0. The molecule has 0 spiro atoms. The lowest BCUT2D eigenvalue weighted by Gasteiger charge is -2.17. The zero-order valence-electron chi connectivity index (χ0n) is 12.2. The molecule has 1 aromatic carbocycles. The molecule has 0 saturated carbocycles. The Morgan fingerprint density at radius 2 is 1.95 bits per heavy atom. The summed E-state index contributed by atoms with van der Waals surface area (Å²) in [7, 11) is 0. The summed E-state index contributed by atoms with van der Waals surface area (Å²) in [5.74, 6) is 0.205. The monoisotopic (exact) mass is 291 g/mol. The van der Waals surface area contributed by atoms with Gasteiger partial charge in [-0.05, 0) is 25.3 Å². The Kier molecular flexibility index (Phi) is 5.27. The smallest absolute Gasteiger partial charge is 0.269 e. The normalized spacial score (nSPS) is 16.0. The number of carbonyl (C=O) groups excluding carboxylic acids is 1. The van der Waals surface area contributed by atoms with Gasteiger partial charge in [0.05, 0.1) is 4.92 Å². The van der Waals surface area contributed by atoms with Gasteiger partial charge in [0.2, 0.25) is 5.91 Å². The molecule has 21 heavy (non-hydrogen) atoms. The Balaban J connectivity index is 1.77. The minimum Gasteiger partial charge on any atom is -0.343 e. The molecule has 1 amide bonds. The van der Waals surface area contributed by atoms with Crippen molar-refractivity contribution in [3.63, 3.8) is 0 Å². The van der Waals surface area contributed by atoms with E-state index in [4.69, 9.17) is 0 Å². The first-order valence-corrected chi connectivity index (χ1v) is 7.33. The van der Waals surface area contributed by atoms with Gasteiger partial charge in [0.1, 0.15) is 0 Å². The van der Waals surface area contributed by atoms with Gasteiger partial charge in [-0.2, -0.15) is 0 Å². The number of nitro groups is 1. The van der Waals surface area contributed by atoms with Crippen LogP contribution in [0, 0.1) is 10.1 Å². The standard InChI is InChI=1S/C15H21N3O3/c1-12(13-4-6-14(7-5-13)18(20)21)16-9-8-15(19)17-10-2-3-11-17/h4-7,12,16H,2-3,8-11H2,1H3. The molecular weight excluding hydrogens is 270 g/mol. The minimum absolute atomic E-state index is 0.0668. The lowest BCUT2D eigenvalue weighted by atomic mass is 10.1. The number of hydrogen-bond acceptors (Lipinski definition) is 4. The highest BCUT2D eigenvalue weighted by Gasteiger charge is 2.17. The maximum Gasteiger partial charge on any atom is 0.269 e. The van der Waals surface area contributed by atoms with Crippen molar-refractivity contribution in [2.24, 2.45) is 0 Å². The van der Waals surface area contributed by atoms with Crippen LogP contribution in [0.2, 0.25) is 0 Å². The van der Waals surface area contributed by atoms with E-state index in [1.807, 2.05) is 11.8 Å². The first-order chi connectivity index (χ1) is 10.1. The van der Waals surface area contributed by atoms with E-state index in [9.17, 15) is 14.9 Å². The van der Waals surface area contributed by atoms with Crippen molar-refractivity contribution in [1.29, 1.82) is 0 Å². The fourth-order valence-corrected chi connectivity index (χ4v) is 2.52. The molecule has 1 saturated heterocycles. The molecule has 1 aliphatic heterocycles. The van der Waals surface area contributed by atoms with Gasteiger partial charge in [0, 0.05) is 44.2 Å². The number of likely N-dealkylation sites (tertiary alicyclic amines) is 1. The van der Waals surface area contributed by atoms with Crippen LogP contribution < -0.4 is 5.32 Å². The molecule has 1 aromatic rings. The molecule has 1 fully saturated rings. The van der Waals surface area contributed by atoms with Gasteiger partial charge in [-0.1, -0.05) is 12.1 Å². The third kappa shape index (κ3) is 4.26. The molecule has 0 aromatic heterocycles. The van der Waals surface area contributed by atoms with E-state index in [0.717, 1.165) is 31.5 Å². The Morgan fingerprint density at radius 1 is 1.33 bits per heavy atom. The van der Waals surface area contributed by atoms with Gasteiger partial charge >= 0.3 is 0 Å². The Bertz CT molecular complexity index is 495. The molecule has 2 rings (SSSR count). The van der Waals surface area contributed by atoms with Crippen LogP contribution >= 0.6 is 0 Å². The number of amides is 1. The fourth-order valence-electron chi connectivity index (χ4n) is 2.52. The molecule has 6 heteroatoms. The van der Waals surface area contributed by atoms with E-state index >= 15 is 0 Å². The van der Waals surface area contributed by atoms with Crippen molar-refractivity contribution in [3.05, 3.63) is 39.9 Å². The van der Waals surface area contributed by atoms with Crippen LogP contribution in [0.5, 0.6) is 0 Å². The largest absolute Gasteiger partial charge is 0.343 e. The highest BCUT2D eigenvalue weighted by atomic mass is 16.6. The van der Waals surface area contributed by atoms with E-state index in [1.165, 1.54) is 12.1 Å². The van der Waals surface area contributed by atoms with E-state index < -0.39 is 4.92 Å². The van der Waals surface area contributed by atoms with Crippen LogP contribution in [0.25, 0.3) is 0 Å². The first-order valence-electron chi connectivity index (χ1n) is 7.33. The Labute approximate surface area is 124 Å². The number of carbonyl (C=O) groups is 1. The number of rotatable bonds is 6. The average Bonchev–Trinajstić information content (AvgIpc) is 3.01. The molecule has 1 aliphatic rings. The van der Waals surface area contributed by atoms with Gasteiger partial charge in [-0.15, -0.1) is 0 Å². The summed E-state index contributed by atoms with van der Waals surface area (Å²) in [5, 5.41) is 13.9. The number of hydrogen-bond donors (Lipinski definition) is 1. The zero-order chi connectivity index (χ0) is 15.2. The van der Waals surface area contributed by atoms with E-state index in [0.29, 0.717) is 13.0 Å². The summed E-state index contributed by atoms with van der Waals surface area (Å²) < 4.78 is 0. The zero-order valence-corrected chi connectivity index (χ0v) is 12.2. The lowest BCUT2D eigenvalue weighted by Crippen LogP contribution is -2.31. The SMILES string of the molecule is CC(NCCC(=O)N1CCCC1)c1ccc([N+](=O)[O-])cc1. The van der Waals surface area contributed by atoms with E-state index in [1.54, 1.807) is 12.1 Å². The quantitative estimate of drug-likeness (QED) is 0.644. The number of nitro benzene ring substituents is 1. The third-order valence-corrected chi connectivity index (χ3v) is 3.85. The van der Waals surface area contributed by atoms with Crippen LogP contribution in [0.3, 0.4) is 0 Å². The second-order valence-corrected chi connectivity index (χ2v) is 5.36. The van der Waals surface area contributed by atoms with Crippen LogP contribution in [-0.2, 0) is 4.79 Å². The second kappa shape index (κ2) is 7.17. The summed E-state index contributed by atoms with van der Waals surface area (Å²) in [6.45, 7) is 4.38. The minimum atomic E-state index is -0.406. The topological polar surface area (TPSA) is 75.5 Å². The number of benzene rings is 1. The molecule has 1 heterocycles. The molecule has 0 aliphatic carbocycles. The molecule has 1 atom stereocenters. The summed E-state index contributed by atoms with van der Waals surface area (Å²) in [5.41, 5.74) is 1.07. The summed E-state index contributed by atoms with van der Waals surface area (Å²) in [4.78, 5) is 24.0. The first kappa shape index (κ1) is 15.4. The Morgan fingerprint density at radius 3 is 2.52 bits per heavy atom. The van der Waals surface area contributed by atoms with Crippen molar-refractivity contribution in [2.45, 2.75) is 32.2 Å². The van der Waals surface area contributed by atoms with E-state index in [-0.39, 0.29) is 17.6 Å². The van der Waals surface area contributed by atoms with Gasteiger partial charge in [-0.25, -0.2) is 0 Å². The fraction of sp³-hybridized carbons (Fsp3) is 0.533. The third-order valence-electron chi connectivity index (χ3n) is 3.85. The number of nitrogens with zero attached hydrogens (tertiary/aromatic N) is 2. The van der Waals surface area contributed by atoms with Gasteiger partial charge in [0.15, 0.2) is 0 Å². The van der Waals surface area contributed by atoms with Crippen LogP contribution in [0.15, 0.2) is 24.3 Å². The van der Waals surface area contributed by atoms with Gasteiger partial charge < -0.3 is 10.2 Å². The van der Waals surface area contributed by atoms with Crippen molar-refractivity contribution in [3.8, 4) is 0 Å². The maximum atomic E-state index is 11.9. The predicted octanol–water partition coefficient (Wildman–Crippen LogP) is 2.26. The second-order valence-electron chi connectivity index (χ2n) is 5.36. The van der Waals surface area contributed by atoms with Crippen LogP contribution in [0.4, 0.5) is 5.69 Å². The highest BCUT2D eigenvalue weighted by molar-refractivity contribution is 5.76.